The minimum atomic E-state index is -3.54. The zero-order valence-electron chi connectivity index (χ0n) is 23.4. The molecule has 0 aliphatic rings. The van der Waals surface area contributed by atoms with Crippen LogP contribution in [0.1, 0.15) is 68.7 Å². The molecule has 2 aromatic carbocycles. The van der Waals surface area contributed by atoms with E-state index < -0.39 is 16.1 Å². The van der Waals surface area contributed by atoms with Gasteiger partial charge in [-0.15, -0.1) is 0 Å². The van der Waals surface area contributed by atoms with Crippen LogP contribution in [0.2, 0.25) is 0 Å². The lowest BCUT2D eigenvalue weighted by molar-refractivity contribution is -0.141. The third-order valence-corrected chi connectivity index (χ3v) is 8.17. The van der Waals surface area contributed by atoms with E-state index in [1.165, 1.54) is 10.6 Å². The zero-order valence-corrected chi connectivity index (χ0v) is 24.2. The Balaban J connectivity index is 2.27. The third kappa shape index (κ3) is 8.32. The van der Waals surface area contributed by atoms with Crippen LogP contribution in [0.5, 0.6) is 0 Å². The van der Waals surface area contributed by atoms with Gasteiger partial charge in [-0.3, -0.25) is 13.9 Å². The lowest BCUT2D eigenvalue weighted by Gasteiger charge is -2.32. The summed E-state index contributed by atoms with van der Waals surface area (Å²) in [4.78, 5) is 28.4. The Morgan fingerprint density at radius 1 is 0.946 bits per heavy atom. The SMILES string of the molecule is CCC(C)NC(=O)C(CC)N(Cc1ccccc1C)C(=O)CCCN(c1cccc(C)c1C)S(C)(=O)=O. The minimum Gasteiger partial charge on any atom is -0.352 e. The number of nitrogens with one attached hydrogen (secondary N) is 1. The number of benzene rings is 2. The van der Waals surface area contributed by atoms with Crippen molar-refractivity contribution in [2.75, 3.05) is 17.1 Å². The molecule has 2 atom stereocenters. The highest BCUT2D eigenvalue weighted by molar-refractivity contribution is 7.92. The van der Waals surface area contributed by atoms with Gasteiger partial charge in [0.25, 0.3) is 0 Å². The van der Waals surface area contributed by atoms with Crippen LogP contribution in [0.4, 0.5) is 5.69 Å². The number of sulfonamides is 1. The first kappa shape index (κ1) is 30.4. The number of hydrogen-bond donors (Lipinski definition) is 1. The average molecular weight is 530 g/mol. The molecule has 0 saturated carbocycles. The van der Waals surface area contributed by atoms with Crippen LogP contribution in [0, 0.1) is 20.8 Å². The van der Waals surface area contributed by atoms with E-state index in [4.69, 9.17) is 0 Å². The van der Waals surface area contributed by atoms with Crippen molar-refractivity contribution >= 4 is 27.5 Å². The molecule has 0 spiro atoms. The van der Waals surface area contributed by atoms with E-state index in [-0.39, 0.29) is 30.8 Å². The molecular weight excluding hydrogens is 486 g/mol. The van der Waals surface area contributed by atoms with Crippen molar-refractivity contribution in [3.8, 4) is 0 Å². The average Bonchev–Trinajstić information content (AvgIpc) is 2.84. The van der Waals surface area contributed by atoms with Crippen molar-refractivity contribution < 1.29 is 18.0 Å². The monoisotopic (exact) mass is 529 g/mol. The van der Waals surface area contributed by atoms with Gasteiger partial charge < -0.3 is 10.2 Å². The number of carbonyl (C=O) groups is 2. The first-order valence-electron chi connectivity index (χ1n) is 13.1. The maximum Gasteiger partial charge on any atom is 0.243 e. The topological polar surface area (TPSA) is 86.8 Å². The fraction of sp³-hybridized carbons (Fsp3) is 0.517. The largest absolute Gasteiger partial charge is 0.352 e. The van der Waals surface area contributed by atoms with Crippen LogP contribution in [0.15, 0.2) is 42.5 Å². The van der Waals surface area contributed by atoms with Gasteiger partial charge in [0.1, 0.15) is 6.04 Å². The molecule has 0 heterocycles. The number of hydrogen-bond acceptors (Lipinski definition) is 4. The second kappa shape index (κ2) is 13.6. The van der Waals surface area contributed by atoms with Crippen molar-refractivity contribution in [1.82, 2.24) is 10.2 Å². The highest BCUT2D eigenvalue weighted by Crippen LogP contribution is 2.26. The Labute approximate surface area is 223 Å². The van der Waals surface area contributed by atoms with Gasteiger partial charge in [-0.2, -0.15) is 0 Å². The molecular formula is C29H43N3O4S. The van der Waals surface area contributed by atoms with E-state index in [0.717, 1.165) is 28.7 Å². The molecule has 0 radical (unpaired) electrons. The summed E-state index contributed by atoms with van der Waals surface area (Å²) in [6.07, 6.45) is 2.95. The van der Waals surface area contributed by atoms with Crippen LogP contribution < -0.4 is 9.62 Å². The van der Waals surface area contributed by atoms with E-state index in [2.05, 4.69) is 5.32 Å². The molecule has 204 valence electrons. The third-order valence-electron chi connectivity index (χ3n) is 6.99. The Kier molecular flexibility index (Phi) is 11.2. The Hall–Kier alpha value is -2.87. The van der Waals surface area contributed by atoms with Crippen LogP contribution in [0.3, 0.4) is 0 Å². The maximum atomic E-state index is 13.6. The molecule has 2 unspecified atom stereocenters. The van der Waals surface area contributed by atoms with Crippen molar-refractivity contribution in [3.05, 3.63) is 64.7 Å². The van der Waals surface area contributed by atoms with E-state index in [1.54, 1.807) is 11.0 Å². The first-order valence-corrected chi connectivity index (χ1v) is 14.9. The molecule has 0 fully saturated rings. The molecule has 0 aliphatic carbocycles. The summed E-state index contributed by atoms with van der Waals surface area (Å²) in [5, 5.41) is 3.02. The number of nitrogens with zero attached hydrogens (tertiary/aromatic N) is 2. The summed E-state index contributed by atoms with van der Waals surface area (Å²) < 4.78 is 26.6. The van der Waals surface area contributed by atoms with Crippen molar-refractivity contribution in [2.24, 2.45) is 0 Å². The smallest absolute Gasteiger partial charge is 0.243 e. The molecule has 2 aromatic rings. The fourth-order valence-corrected chi connectivity index (χ4v) is 5.34. The molecule has 0 aromatic heterocycles. The van der Waals surface area contributed by atoms with Gasteiger partial charge in [0.15, 0.2) is 0 Å². The molecule has 2 rings (SSSR count). The van der Waals surface area contributed by atoms with Crippen LogP contribution in [-0.2, 0) is 26.2 Å². The zero-order chi connectivity index (χ0) is 27.8. The maximum absolute atomic E-state index is 13.6. The normalized spacial score (nSPS) is 13.1. The summed E-state index contributed by atoms with van der Waals surface area (Å²) in [6, 6.07) is 12.8. The van der Waals surface area contributed by atoms with Crippen molar-refractivity contribution in [2.45, 2.75) is 85.9 Å². The van der Waals surface area contributed by atoms with Crippen LogP contribution in [0.25, 0.3) is 0 Å². The van der Waals surface area contributed by atoms with Gasteiger partial charge >= 0.3 is 0 Å². The lowest BCUT2D eigenvalue weighted by atomic mass is 10.0. The standard InChI is InChI=1S/C29H43N3O4S/c1-8-23(5)30-29(34)26(9-2)31(20-25-16-11-10-14-22(25)4)28(33)18-13-19-32(37(7,35)36)27-17-12-15-21(3)24(27)6/h10-12,14-17,23,26H,8-9,13,18-20H2,1-7H3,(H,30,34). The molecule has 8 heteroatoms. The number of carbonyl (C=O) groups excluding carboxylic acids is 2. The van der Waals surface area contributed by atoms with Gasteiger partial charge in [0.05, 0.1) is 11.9 Å². The Morgan fingerprint density at radius 2 is 1.59 bits per heavy atom. The van der Waals surface area contributed by atoms with E-state index >= 15 is 0 Å². The second-order valence-electron chi connectivity index (χ2n) is 9.85. The molecule has 0 aliphatic heterocycles. The van der Waals surface area contributed by atoms with Gasteiger partial charge in [-0.25, -0.2) is 8.42 Å². The fourth-order valence-electron chi connectivity index (χ4n) is 4.32. The van der Waals surface area contributed by atoms with Gasteiger partial charge in [-0.1, -0.05) is 50.2 Å². The van der Waals surface area contributed by atoms with E-state index in [9.17, 15) is 18.0 Å². The van der Waals surface area contributed by atoms with Gasteiger partial charge in [-0.05, 0) is 75.3 Å². The minimum absolute atomic E-state index is 0.0119. The lowest BCUT2D eigenvalue weighted by Crippen LogP contribution is -2.50. The Bertz CT molecular complexity index is 1180. The number of amides is 2. The molecule has 37 heavy (non-hydrogen) atoms. The summed E-state index contributed by atoms with van der Waals surface area (Å²) in [7, 11) is -3.54. The molecule has 2 amide bonds. The highest BCUT2D eigenvalue weighted by atomic mass is 32.2. The first-order chi connectivity index (χ1) is 17.4. The number of aryl methyl sites for hydroxylation is 2. The van der Waals surface area contributed by atoms with E-state index in [1.807, 2.05) is 77.9 Å². The summed E-state index contributed by atoms with van der Waals surface area (Å²) >= 11 is 0. The van der Waals surface area contributed by atoms with Gasteiger partial charge in [0, 0.05) is 25.6 Å². The Morgan fingerprint density at radius 3 is 2.19 bits per heavy atom. The summed E-state index contributed by atoms with van der Waals surface area (Å²) in [5.41, 5.74) is 4.57. The quantitative estimate of drug-likeness (QED) is 0.401. The molecule has 1 N–H and O–H groups in total. The molecule has 0 bridgehead atoms. The predicted octanol–water partition coefficient (Wildman–Crippen LogP) is 4.88. The molecule has 7 nitrogen and oxygen atoms in total. The molecule has 0 saturated heterocycles. The summed E-state index contributed by atoms with van der Waals surface area (Å²) in [5.74, 6) is -0.323. The van der Waals surface area contributed by atoms with Crippen molar-refractivity contribution in [1.29, 1.82) is 0 Å². The number of anilines is 1. The van der Waals surface area contributed by atoms with Crippen LogP contribution >= 0.6 is 0 Å². The second-order valence-corrected chi connectivity index (χ2v) is 11.8. The summed E-state index contributed by atoms with van der Waals surface area (Å²) in [6.45, 7) is 12.2. The predicted molar refractivity (Wildman–Crippen MR) is 151 cm³/mol. The van der Waals surface area contributed by atoms with Crippen molar-refractivity contribution in [3.63, 3.8) is 0 Å². The van der Waals surface area contributed by atoms with Gasteiger partial charge in [0.2, 0.25) is 21.8 Å². The van der Waals surface area contributed by atoms with E-state index in [0.29, 0.717) is 25.1 Å². The highest BCUT2D eigenvalue weighted by Gasteiger charge is 2.29. The number of rotatable bonds is 13. The van der Waals surface area contributed by atoms with Crippen LogP contribution in [-0.4, -0.2) is 50.0 Å².